The highest BCUT2D eigenvalue weighted by atomic mass is 35.5. The molecule has 1 aromatic heterocycles. The number of benzene rings is 1. The van der Waals surface area contributed by atoms with E-state index >= 15 is 0 Å². The number of hydrogen-bond acceptors (Lipinski definition) is 4. The summed E-state index contributed by atoms with van der Waals surface area (Å²) in [6.45, 7) is 0.440. The molecule has 2 aromatic rings. The van der Waals surface area contributed by atoms with Crippen LogP contribution in [0.5, 0.6) is 5.75 Å². The maximum absolute atomic E-state index is 12.6. The van der Waals surface area contributed by atoms with Crippen molar-refractivity contribution in [2.24, 2.45) is 0 Å². The summed E-state index contributed by atoms with van der Waals surface area (Å²) >= 11 is 5.91. The third-order valence-corrected chi connectivity index (χ3v) is 2.53. The Morgan fingerprint density at radius 3 is 2.72 bits per heavy atom. The maximum Gasteiger partial charge on any atom is 0.223 e. The fraction of sp³-hybridized carbons (Fsp3) is 0.167. The van der Waals surface area contributed by atoms with Crippen LogP contribution in [-0.2, 0) is 6.54 Å². The van der Waals surface area contributed by atoms with Gasteiger partial charge in [0.25, 0.3) is 0 Å². The Labute approximate surface area is 109 Å². The van der Waals surface area contributed by atoms with E-state index in [-0.39, 0.29) is 0 Å². The van der Waals surface area contributed by atoms with Crippen molar-refractivity contribution in [2.45, 2.75) is 6.54 Å². The fourth-order valence-corrected chi connectivity index (χ4v) is 1.66. The molecule has 2 rings (SSSR count). The molecule has 0 saturated carbocycles. The number of methoxy groups -OCH3 is 1. The quantitative estimate of drug-likeness (QED) is 0.925. The number of hydrogen-bond donors (Lipinski definition) is 1. The van der Waals surface area contributed by atoms with Crippen molar-refractivity contribution in [3.8, 4) is 5.75 Å². The van der Waals surface area contributed by atoms with E-state index in [1.807, 2.05) is 0 Å². The Bertz CT molecular complexity index is 533. The first kappa shape index (κ1) is 12.6. The van der Waals surface area contributed by atoms with Gasteiger partial charge in [0.2, 0.25) is 5.95 Å². The average Bonchev–Trinajstić information content (AvgIpc) is 2.38. The molecule has 0 aliphatic carbocycles. The molecule has 0 unspecified atom stereocenters. The molecule has 6 heteroatoms. The minimum atomic E-state index is -0.471. The zero-order valence-corrected chi connectivity index (χ0v) is 10.4. The number of nitrogens with zero attached hydrogens (tertiary/aromatic N) is 2. The van der Waals surface area contributed by atoms with E-state index in [1.54, 1.807) is 25.3 Å². The van der Waals surface area contributed by atoms with Crippen molar-refractivity contribution < 1.29 is 9.13 Å². The molecule has 1 aromatic carbocycles. The molecular formula is C12H11ClFN3O. The lowest BCUT2D eigenvalue weighted by molar-refractivity contribution is 0.410. The second-order valence-electron chi connectivity index (χ2n) is 3.53. The highest BCUT2D eigenvalue weighted by molar-refractivity contribution is 6.30. The van der Waals surface area contributed by atoms with Crippen LogP contribution in [-0.4, -0.2) is 17.1 Å². The first-order valence-corrected chi connectivity index (χ1v) is 5.60. The molecule has 4 nitrogen and oxygen atoms in total. The van der Waals surface area contributed by atoms with Crippen LogP contribution in [0.15, 0.2) is 30.6 Å². The van der Waals surface area contributed by atoms with Crippen LogP contribution in [0.25, 0.3) is 0 Å². The first-order chi connectivity index (χ1) is 8.69. The van der Waals surface area contributed by atoms with Gasteiger partial charge >= 0.3 is 0 Å². The van der Waals surface area contributed by atoms with E-state index in [9.17, 15) is 4.39 Å². The fourth-order valence-electron chi connectivity index (χ4n) is 1.46. The van der Waals surface area contributed by atoms with Gasteiger partial charge in [-0.05, 0) is 18.2 Å². The normalized spacial score (nSPS) is 10.2. The predicted octanol–water partition coefficient (Wildman–Crippen LogP) is 2.89. The van der Waals surface area contributed by atoms with Gasteiger partial charge in [0.15, 0.2) is 5.82 Å². The molecule has 0 amide bonds. The van der Waals surface area contributed by atoms with E-state index in [2.05, 4.69) is 15.3 Å². The molecule has 0 saturated heterocycles. The van der Waals surface area contributed by atoms with Crippen molar-refractivity contribution in [1.82, 2.24) is 9.97 Å². The van der Waals surface area contributed by atoms with Gasteiger partial charge < -0.3 is 10.1 Å². The van der Waals surface area contributed by atoms with Crippen molar-refractivity contribution in [2.75, 3.05) is 12.4 Å². The molecule has 0 atom stereocenters. The van der Waals surface area contributed by atoms with Gasteiger partial charge in [-0.3, -0.25) is 0 Å². The molecule has 1 heterocycles. The summed E-state index contributed by atoms with van der Waals surface area (Å²) in [5.74, 6) is 0.591. The Balaban J connectivity index is 2.09. The van der Waals surface area contributed by atoms with Crippen molar-refractivity contribution in [3.63, 3.8) is 0 Å². The van der Waals surface area contributed by atoms with Gasteiger partial charge in [-0.15, -0.1) is 0 Å². The smallest absolute Gasteiger partial charge is 0.223 e. The summed E-state index contributed by atoms with van der Waals surface area (Å²) in [5.41, 5.74) is 0.873. The molecule has 0 spiro atoms. The van der Waals surface area contributed by atoms with E-state index < -0.39 is 5.82 Å². The zero-order valence-electron chi connectivity index (χ0n) is 9.65. The SMILES string of the molecule is COc1ccc(Cl)cc1CNc1ncc(F)cn1. The lowest BCUT2D eigenvalue weighted by Crippen LogP contribution is -2.05. The molecule has 1 N–H and O–H groups in total. The summed E-state index contributed by atoms with van der Waals surface area (Å²) in [6.07, 6.45) is 2.20. The summed E-state index contributed by atoms with van der Waals surface area (Å²) < 4.78 is 17.8. The van der Waals surface area contributed by atoms with Gasteiger partial charge in [0.05, 0.1) is 19.5 Å². The van der Waals surface area contributed by atoms with Crippen molar-refractivity contribution >= 4 is 17.5 Å². The Hall–Kier alpha value is -1.88. The largest absolute Gasteiger partial charge is 0.496 e. The van der Waals surface area contributed by atoms with E-state index in [0.29, 0.717) is 23.3 Å². The molecule has 18 heavy (non-hydrogen) atoms. The van der Waals surface area contributed by atoms with Crippen LogP contribution in [0.3, 0.4) is 0 Å². The standard InChI is InChI=1S/C12H11ClFN3O/c1-18-11-3-2-9(13)4-8(11)5-15-12-16-6-10(14)7-17-12/h2-4,6-7H,5H2,1H3,(H,15,16,17). The summed E-state index contributed by atoms with van der Waals surface area (Å²) in [5, 5.41) is 3.58. The summed E-state index contributed by atoms with van der Waals surface area (Å²) in [4.78, 5) is 7.60. The predicted molar refractivity (Wildman–Crippen MR) is 67.3 cm³/mol. The second-order valence-corrected chi connectivity index (χ2v) is 3.97. The molecule has 0 radical (unpaired) electrons. The molecular weight excluding hydrogens is 257 g/mol. The molecule has 0 aliphatic rings. The molecule has 0 fully saturated rings. The van der Waals surface area contributed by atoms with Crippen LogP contribution in [0.1, 0.15) is 5.56 Å². The minimum absolute atomic E-state index is 0.346. The number of aromatic nitrogens is 2. The van der Waals surface area contributed by atoms with Crippen molar-refractivity contribution in [3.05, 3.63) is 47.0 Å². The molecule has 0 bridgehead atoms. The minimum Gasteiger partial charge on any atom is -0.496 e. The van der Waals surface area contributed by atoms with Crippen LogP contribution < -0.4 is 10.1 Å². The zero-order chi connectivity index (χ0) is 13.0. The van der Waals surface area contributed by atoms with E-state index in [4.69, 9.17) is 16.3 Å². The number of nitrogens with one attached hydrogen (secondary N) is 1. The van der Waals surface area contributed by atoms with E-state index in [1.165, 1.54) is 0 Å². The molecule has 0 aliphatic heterocycles. The Morgan fingerprint density at radius 1 is 1.33 bits per heavy atom. The van der Waals surface area contributed by atoms with Crippen molar-refractivity contribution in [1.29, 1.82) is 0 Å². The highest BCUT2D eigenvalue weighted by Gasteiger charge is 2.04. The Morgan fingerprint density at radius 2 is 2.06 bits per heavy atom. The summed E-state index contributed by atoms with van der Waals surface area (Å²) in [7, 11) is 1.58. The van der Waals surface area contributed by atoms with Crippen LogP contribution >= 0.6 is 11.6 Å². The monoisotopic (exact) mass is 267 g/mol. The van der Waals surface area contributed by atoms with Gasteiger partial charge in [-0.25, -0.2) is 14.4 Å². The topological polar surface area (TPSA) is 47.0 Å². The second kappa shape index (κ2) is 5.64. The third-order valence-electron chi connectivity index (χ3n) is 2.30. The van der Waals surface area contributed by atoms with Crippen LogP contribution in [0.4, 0.5) is 10.3 Å². The number of rotatable bonds is 4. The lowest BCUT2D eigenvalue weighted by Gasteiger charge is -2.09. The van der Waals surface area contributed by atoms with E-state index in [0.717, 1.165) is 18.0 Å². The number of ether oxygens (including phenoxy) is 1. The number of anilines is 1. The lowest BCUT2D eigenvalue weighted by atomic mass is 10.2. The molecule has 94 valence electrons. The van der Waals surface area contributed by atoms with Crippen LogP contribution in [0, 0.1) is 5.82 Å². The van der Waals surface area contributed by atoms with Crippen LogP contribution in [0.2, 0.25) is 5.02 Å². The third kappa shape index (κ3) is 3.07. The maximum atomic E-state index is 12.6. The summed E-state index contributed by atoms with van der Waals surface area (Å²) in [6, 6.07) is 5.32. The first-order valence-electron chi connectivity index (χ1n) is 5.23. The van der Waals surface area contributed by atoms with Gasteiger partial charge in [-0.2, -0.15) is 0 Å². The highest BCUT2D eigenvalue weighted by Crippen LogP contribution is 2.23. The average molecular weight is 268 g/mol. The Kier molecular flexibility index (Phi) is 3.94. The van der Waals surface area contributed by atoms with Gasteiger partial charge in [0.1, 0.15) is 5.75 Å². The van der Waals surface area contributed by atoms with Gasteiger partial charge in [0, 0.05) is 17.1 Å². The number of halogens is 2. The van der Waals surface area contributed by atoms with Gasteiger partial charge in [-0.1, -0.05) is 11.6 Å².